The molecule has 1 aliphatic rings. The van der Waals surface area contributed by atoms with Crippen molar-refractivity contribution in [3.63, 3.8) is 0 Å². The lowest BCUT2D eigenvalue weighted by molar-refractivity contribution is 0.673. The van der Waals surface area contributed by atoms with Crippen molar-refractivity contribution >= 4 is 110 Å². The second-order valence-electron chi connectivity index (χ2n) is 19.5. The molecule has 3 nitrogen and oxygen atoms in total. The van der Waals surface area contributed by atoms with Gasteiger partial charge in [-0.25, -0.2) is 0 Å². The quantitative estimate of drug-likeness (QED) is 0.171. The van der Waals surface area contributed by atoms with Gasteiger partial charge in [-0.05, 0) is 144 Å². The van der Waals surface area contributed by atoms with Crippen LogP contribution >= 0.6 is 0 Å². The molecule has 0 radical (unpaired) electrons. The number of anilines is 6. The van der Waals surface area contributed by atoms with E-state index in [2.05, 4.69) is 289 Å². The molecule has 0 unspecified atom stereocenters. The lowest BCUT2D eigenvalue weighted by Gasteiger charge is -2.27. The number of rotatable bonds is 5. The second kappa shape index (κ2) is 17.4. The highest BCUT2D eigenvalue weighted by molar-refractivity contribution is 6.31. The van der Waals surface area contributed by atoms with Crippen LogP contribution in [0.3, 0.4) is 0 Å². The van der Waals surface area contributed by atoms with Crippen LogP contribution < -0.4 is 9.80 Å². The van der Waals surface area contributed by atoms with Gasteiger partial charge in [0.25, 0.3) is 0 Å². The molecule has 1 aromatic heterocycles. The fraction of sp³-hybridized carbons (Fsp3) is 0. The van der Waals surface area contributed by atoms with Gasteiger partial charge in [0.15, 0.2) is 0 Å². The van der Waals surface area contributed by atoms with Gasteiger partial charge in [-0.15, -0.1) is 0 Å². The zero-order valence-corrected chi connectivity index (χ0v) is 40.9. The predicted octanol–water partition coefficient (Wildman–Crippen LogP) is 20.7. The summed E-state index contributed by atoms with van der Waals surface area (Å²) in [7, 11) is 0. The van der Waals surface area contributed by atoms with Gasteiger partial charge in [-0.2, -0.15) is 0 Å². The fourth-order valence-electron chi connectivity index (χ4n) is 12.0. The van der Waals surface area contributed by atoms with E-state index in [1.54, 1.807) is 0 Å². The van der Waals surface area contributed by atoms with Crippen LogP contribution in [0.4, 0.5) is 34.1 Å². The fourth-order valence-corrected chi connectivity index (χ4v) is 12.0. The van der Waals surface area contributed by atoms with E-state index < -0.39 is 0 Å². The molecule has 1 aliphatic heterocycles. The number of para-hydroxylation sites is 4. The molecule has 0 fully saturated rings. The molecule has 350 valence electrons. The Morgan fingerprint density at radius 3 is 1.39 bits per heavy atom. The maximum atomic E-state index is 6.99. The van der Waals surface area contributed by atoms with Crippen LogP contribution in [0.15, 0.2) is 283 Å². The summed E-state index contributed by atoms with van der Waals surface area (Å²) in [6.45, 7) is 0. The van der Waals surface area contributed by atoms with Crippen LogP contribution in [0.25, 0.3) is 109 Å². The SMILES string of the molecule is c1ccc(-c2ccc(N(c3ccc4c(c3)-c3ccccc3N(c3ccccc3)c3ccccc3-4)c3ccc4c(c3)c3ccccc3c3ccccc3c3ccccc3c3c4ccc4c5ccccc5oc43)cc2)cc1. The Balaban J connectivity index is 1.05. The molecule has 0 spiro atoms. The maximum Gasteiger partial charge on any atom is 0.143 e. The van der Waals surface area contributed by atoms with Crippen LogP contribution in [0.1, 0.15) is 0 Å². The highest BCUT2D eigenvalue weighted by atomic mass is 16.3. The summed E-state index contributed by atoms with van der Waals surface area (Å²) in [5, 5.41) is 13.7. The first-order chi connectivity index (χ1) is 37.2. The Bertz CT molecular complexity index is 4650. The molecular weight excluding hydrogens is 909 g/mol. The number of hydrogen-bond acceptors (Lipinski definition) is 3. The summed E-state index contributed by atoms with van der Waals surface area (Å²) in [5.41, 5.74) is 15.4. The van der Waals surface area contributed by atoms with Gasteiger partial charge in [-0.3, -0.25) is 0 Å². The first-order valence-electron chi connectivity index (χ1n) is 25.7. The molecule has 15 rings (SSSR count). The second-order valence-corrected chi connectivity index (χ2v) is 19.5. The van der Waals surface area contributed by atoms with Crippen LogP contribution in [0.2, 0.25) is 0 Å². The summed E-state index contributed by atoms with van der Waals surface area (Å²) < 4.78 is 6.99. The molecule has 0 saturated heterocycles. The van der Waals surface area contributed by atoms with E-state index in [0.717, 1.165) is 88.4 Å². The Morgan fingerprint density at radius 1 is 0.267 bits per heavy atom. The van der Waals surface area contributed by atoms with E-state index in [1.165, 1.54) is 54.9 Å². The van der Waals surface area contributed by atoms with Crippen molar-refractivity contribution in [2.75, 3.05) is 9.80 Å². The van der Waals surface area contributed by atoms with Crippen molar-refractivity contribution in [2.24, 2.45) is 0 Å². The average molecular weight is 955 g/mol. The third kappa shape index (κ3) is 6.90. The van der Waals surface area contributed by atoms with Gasteiger partial charge < -0.3 is 14.2 Å². The van der Waals surface area contributed by atoms with E-state index in [1.807, 2.05) is 0 Å². The summed E-state index contributed by atoms with van der Waals surface area (Å²) in [6.07, 6.45) is 0. The summed E-state index contributed by atoms with van der Waals surface area (Å²) in [5.74, 6) is 0. The maximum absolute atomic E-state index is 6.99. The highest BCUT2D eigenvalue weighted by Crippen LogP contribution is 2.53. The Kier molecular flexibility index (Phi) is 9.89. The van der Waals surface area contributed by atoms with E-state index in [-0.39, 0.29) is 0 Å². The van der Waals surface area contributed by atoms with E-state index in [9.17, 15) is 0 Å². The number of nitrogens with zero attached hydrogens (tertiary/aromatic N) is 2. The van der Waals surface area contributed by atoms with Crippen molar-refractivity contribution in [1.29, 1.82) is 0 Å². The number of benzene rings is 12. The van der Waals surface area contributed by atoms with E-state index >= 15 is 0 Å². The molecule has 14 aromatic rings. The van der Waals surface area contributed by atoms with E-state index in [0.29, 0.717) is 0 Å². The minimum atomic E-state index is 0.880. The highest BCUT2D eigenvalue weighted by Gasteiger charge is 2.27. The topological polar surface area (TPSA) is 19.6 Å². The minimum absolute atomic E-state index is 0.880. The molecule has 0 aliphatic carbocycles. The molecule has 0 amide bonds. The van der Waals surface area contributed by atoms with Gasteiger partial charge in [0.2, 0.25) is 0 Å². The lowest BCUT2D eigenvalue weighted by Crippen LogP contribution is -2.10. The largest absolute Gasteiger partial charge is 0.455 e. The lowest BCUT2D eigenvalue weighted by atomic mass is 9.92. The van der Waals surface area contributed by atoms with Crippen LogP contribution in [0, 0.1) is 0 Å². The average Bonchev–Trinajstić information content (AvgIpc) is 3.87. The first kappa shape index (κ1) is 42.7. The number of furan rings is 1. The van der Waals surface area contributed by atoms with Gasteiger partial charge in [0.05, 0.1) is 11.4 Å². The summed E-state index contributed by atoms with van der Waals surface area (Å²) >= 11 is 0. The number of fused-ring (bicyclic) bond motifs is 19. The minimum Gasteiger partial charge on any atom is -0.455 e. The molecule has 75 heavy (non-hydrogen) atoms. The van der Waals surface area contributed by atoms with Gasteiger partial charge in [-0.1, -0.05) is 206 Å². The van der Waals surface area contributed by atoms with Gasteiger partial charge >= 0.3 is 0 Å². The first-order valence-corrected chi connectivity index (χ1v) is 25.7. The Morgan fingerprint density at radius 2 is 0.707 bits per heavy atom. The van der Waals surface area contributed by atoms with Gasteiger partial charge in [0, 0.05) is 50.0 Å². The molecule has 3 heteroatoms. The smallest absolute Gasteiger partial charge is 0.143 e. The predicted molar refractivity (Wildman–Crippen MR) is 318 cm³/mol. The Labute approximate surface area is 434 Å². The van der Waals surface area contributed by atoms with Crippen LogP contribution in [-0.4, -0.2) is 0 Å². The van der Waals surface area contributed by atoms with Crippen molar-refractivity contribution in [2.45, 2.75) is 0 Å². The zero-order valence-electron chi connectivity index (χ0n) is 40.9. The van der Waals surface area contributed by atoms with Crippen molar-refractivity contribution < 1.29 is 4.42 Å². The summed E-state index contributed by atoms with van der Waals surface area (Å²) in [4.78, 5) is 4.85. The third-order valence-corrected chi connectivity index (χ3v) is 15.4. The monoisotopic (exact) mass is 954 g/mol. The standard InChI is InChI=1S/C72H46N2O/c1-3-19-47(20-4-1)48-35-37-50(38-36-48)73(52-39-41-58-60-28-13-16-32-68(60)74(49-21-5-2-6-22-49)69-33-17-14-29-61(69)67(58)46-52)51-40-42-59-64-43-44-65-62-30-15-18-34-70(62)75-72(65)71(64)63-31-12-11-26-56(63)54-24-8-7-23-53(54)55-25-9-10-27-57(55)66(59)45-51/h1-46H. The molecule has 2 heterocycles. The van der Waals surface area contributed by atoms with Crippen molar-refractivity contribution in [3.8, 4) is 33.4 Å². The summed E-state index contributed by atoms with van der Waals surface area (Å²) in [6, 6.07) is 102. The Hall–Kier alpha value is -9.96. The van der Waals surface area contributed by atoms with Crippen LogP contribution in [-0.2, 0) is 0 Å². The van der Waals surface area contributed by atoms with Crippen molar-refractivity contribution in [3.05, 3.63) is 279 Å². The van der Waals surface area contributed by atoms with Gasteiger partial charge in [0.1, 0.15) is 11.2 Å². The molecule has 0 N–H and O–H groups in total. The normalized spacial score (nSPS) is 12.0. The number of hydrogen-bond donors (Lipinski definition) is 0. The molecule has 0 bridgehead atoms. The molecular formula is C72H46N2O. The van der Waals surface area contributed by atoms with Crippen molar-refractivity contribution in [1.82, 2.24) is 0 Å². The third-order valence-electron chi connectivity index (χ3n) is 15.4. The van der Waals surface area contributed by atoms with E-state index in [4.69, 9.17) is 4.42 Å². The molecule has 13 aromatic carbocycles. The molecule has 0 saturated carbocycles. The zero-order chi connectivity index (χ0) is 49.4. The van der Waals surface area contributed by atoms with Crippen LogP contribution in [0.5, 0.6) is 0 Å². The molecule has 0 atom stereocenters.